The molecule has 2 aliphatic rings. The summed E-state index contributed by atoms with van der Waals surface area (Å²) in [5.41, 5.74) is 0.647. The summed E-state index contributed by atoms with van der Waals surface area (Å²) in [6.45, 7) is 7.37. The molecule has 0 saturated carbocycles. The zero-order valence-corrected chi connectivity index (χ0v) is 14.1. The van der Waals surface area contributed by atoms with Crippen molar-refractivity contribution < 1.29 is 19.5 Å². The van der Waals surface area contributed by atoms with Crippen molar-refractivity contribution in [1.82, 2.24) is 10.2 Å². The van der Waals surface area contributed by atoms with Gasteiger partial charge in [0, 0.05) is 16.9 Å². The SMILES string of the molecule is CCCC(=O)/C=C(\C)NC1C(=O)N2[C@@H]1SC(C)(C)[C@@H]2C(=O)O. The van der Waals surface area contributed by atoms with Crippen molar-refractivity contribution in [3.63, 3.8) is 0 Å². The van der Waals surface area contributed by atoms with Gasteiger partial charge in [-0.2, -0.15) is 0 Å². The highest BCUT2D eigenvalue weighted by atomic mass is 32.2. The second kappa shape index (κ2) is 5.95. The molecule has 0 aromatic carbocycles. The number of β-lactam (4-membered cyclic amide) rings is 1. The first-order valence-corrected chi connectivity index (χ1v) is 8.27. The third kappa shape index (κ3) is 2.86. The lowest BCUT2D eigenvalue weighted by Crippen LogP contribution is -2.69. The lowest BCUT2D eigenvalue weighted by Gasteiger charge is -2.44. The quantitative estimate of drug-likeness (QED) is 0.566. The number of hydrogen-bond acceptors (Lipinski definition) is 5. The number of allylic oxidation sites excluding steroid dienone is 2. The largest absolute Gasteiger partial charge is 0.480 e. The number of hydrogen-bond donors (Lipinski definition) is 2. The number of nitrogens with zero attached hydrogens (tertiary/aromatic N) is 1. The molecule has 0 aromatic rings. The maximum absolute atomic E-state index is 12.3. The Bertz CT molecular complexity index is 544. The van der Waals surface area contributed by atoms with E-state index < -0.39 is 22.8 Å². The van der Waals surface area contributed by atoms with Crippen LogP contribution in [0.2, 0.25) is 0 Å². The molecule has 0 bridgehead atoms. The number of fused-ring (bicyclic) bond motifs is 1. The zero-order valence-electron chi connectivity index (χ0n) is 13.3. The summed E-state index contributed by atoms with van der Waals surface area (Å²) < 4.78 is -0.530. The Morgan fingerprint density at radius 2 is 2.09 bits per heavy atom. The molecule has 3 atom stereocenters. The summed E-state index contributed by atoms with van der Waals surface area (Å²) in [5, 5.41) is 12.2. The van der Waals surface area contributed by atoms with Crippen LogP contribution in [0, 0.1) is 0 Å². The average Bonchev–Trinajstić information content (AvgIpc) is 2.65. The molecular weight excluding hydrogens is 304 g/mol. The van der Waals surface area contributed by atoms with E-state index in [1.807, 2.05) is 20.8 Å². The lowest BCUT2D eigenvalue weighted by molar-refractivity contribution is -0.160. The smallest absolute Gasteiger partial charge is 0.327 e. The minimum Gasteiger partial charge on any atom is -0.480 e. The number of aliphatic carboxylic acids is 1. The average molecular weight is 326 g/mol. The second-order valence-corrected chi connectivity index (χ2v) is 8.03. The number of carbonyl (C=O) groups excluding carboxylic acids is 2. The Balaban J connectivity index is 2.07. The van der Waals surface area contributed by atoms with E-state index in [1.54, 1.807) is 6.92 Å². The Kier molecular flexibility index (Phi) is 4.56. The van der Waals surface area contributed by atoms with E-state index >= 15 is 0 Å². The topological polar surface area (TPSA) is 86.7 Å². The van der Waals surface area contributed by atoms with Gasteiger partial charge in [0.1, 0.15) is 17.5 Å². The van der Waals surface area contributed by atoms with Crippen LogP contribution in [-0.4, -0.2) is 49.9 Å². The van der Waals surface area contributed by atoms with E-state index in [0.29, 0.717) is 12.1 Å². The van der Waals surface area contributed by atoms with Crippen molar-refractivity contribution in [3.8, 4) is 0 Å². The molecule has 6 nitrogen and oxygen atoms in total. The van der Waals surface area contributed by atoms with Gasteiger partial charge in [-0.3, -0.25) is 9.59 Å². The Morgan fingerprint density at radius 1 is 1.45 bits per heavy atom. The molecule has 2 N–H and O–H groups in total. The number of ketones is 1. The van der Waals surface area contributed by atoms with Crippen molar-refractivity contribution in [2.75, 3.05) is 0 Å². The van der Waals surface area contributed by atoms with E-state index in [9.17, 15) is 19.5 Å². The molecule has 2 aliphatic heterocycles. The number of amides is 1. The molecule has 0 aromatic heterocycles. The molecule has 0 aliphatic carbocycles. The fourth-order valence-electron chi connectivity index (χ4n) is 2.99. The first kappa shape index (κ1) is 16.9. The van der Waals surface area contributed by atoms with Crippen LogP contribution < -0.4 is 5.32 Å². The van der Waals surface area contributed by atoms with Gasteiger partial charge < -0.3 is 15.3 Å². The predicted molar refractivity (Wildman–Crippen MR) is 84.3 cm³/mol. The first-order chi connectivity index (χ1) is 10.2. The monoisotopic (exact) mass is 326 g/mol. The van der Waals surface area contributed by atoms with Gasteiger partial charge in [0.15, 0.2) is 5.78 Å². The highest BCUT2D eigenvalue weighted by molar-refractivity contribution is 8.01. The van der Waals surface area contributed by atoms with Gasteiger partial charge in [0.25, 0.3) is 0 Å². The predicted octanol–water partition coefficient (Wildman–Crippen LogP) is 1.36. The summed E-state index contributed by atoms with van der Waals surface area (Å²) in [7, 11) is 0. The first-order valence-electron chi connectivity index (χ1n) is 7.39. The van der Waals surface area contributed by atoms with Crippen molar-refractivity contribution in [2.45, 2.75) is 62.7 Å². The molecular formula is C15H22N2O4S. The van der Waals surface area contributed by atoms with Crippen LogP contribution in [-0.2, 0) is 14.4 Å². The minimum atomic E-state index is -0.975. The van der Waals surface area contributed by atoms with Crippen molar-refractivity contribution >= 4 is 29.4 Å². The Morgan fingerprint density at radius 3 is 2.64 bits per heavy atom. The third-order valence-corrected chi connectivity index (χ3v) is 5.50. The Labute approximate surface area is 134 Å². The highest BCUT2D eigenvalue weighted by Gasteiger charge is 2.63. The number of carbonyl (C=O) groups is 3. The summed E-state index contributed by atoms with van der Waals surface area (Å²) in [5.74, 6) is -1.16. The summed E-state index contributed by atoms with van der Waals surface area (Å²) >= 11 is 1.49. The van der Waals surface area contributed by atoms with Gasteiger partial charge in [-0.05, 0) is 33.3 Å². The van der Waals surface area contributed by atoms with Crippen LogP contribution in [0.5, 0.6) is 0 Å². The van der Waals surface area contributed by atoms with Crippen LogP contribution in [0.4, 0.5) is 0 Å². The number of rotatable bonds is 6. The van der Waals surface area contributed by atoms with Crippen molar-refractivity contribution in [2.24, 2.45) is 0 Å². The van der Waals surface area contributed by atoms with Crippen LogP contribution in [0.3, 0.4) is 0 Å². The summed E-state index contributed by atoms with van der Waals surface area (Å²) in [6, 6.07) is -1.27. The van der Waals surface area contributed by atoms with E-state index in [2.05, 4.69) is 5.32 Å². The van der Waals surface area contributed by atoms with Gasteiger partial charge in [-0.25, -0.2) is 4.79 Å². The standard InChI is InChI=1S/C15H22N2O4S/c1-5-6-9(18)7-8(2)16-10-12(19)17-11(14(20)21)15(3,4)22-13(10)17/h7,10-11,13,16H,5-6H2,1-4H3,(H,20,21)/b8-7+/t10?,11-,13+/m0/s1. The Hall–Kier alpha value is -1.50. The van der Waals surface area contributed by atoms with Crippen molar-refractivity contribution in [1.29, 1.82) is 0 Å². The maximum Gasteiger partial charge on any atom is 0.327 e. The van der Waals surface area contributed by atoms with Gasteiger partial charge in [-0.15, -0.1) is 11.8 Å². The molecule has 2 heterocycles. The molecule has 1 unspecified atom stereocenters. The normalized spacial score (nSPS) is 29.8. The van der Waals surface area contributed by atoms with Gasteiger partial charge in [-0.1, -0.05) is 6.92 Å². The van der Waals surface area contributed by atoms with Crippen LogP contribution in [0.15, 0.2) is 11.8 Å². The lowest BCUT2D eigenvalue weighted by atomic mass is 9.96. The summed E-state index contributed by atoms with van der Waals surface area (Å²) in [6.07, 6.45) is 2.78. The fourth-order valence-corrected chi connectivity index (χ4v) is 4.62. The molecule has 0 spiro atoms. The number of carboxylic acid groups (broad SMARTS) is 1. The van der Waals surface area contributed by atoms with E-state index in [4.69, 9.17) is 0 Å². The second-order valence-electron chi connectivity index (χ2n) is 6.26. The number of nitrogens with one attached hydrogen (secondary N) is 1. The van der Waals surface area contributed by atoms with Crippen LogP contribution >= 0.6 is 11.8 Å². The van der Waals surface area contributed by atoms with E-state index in [1.165, 1.54) is 22.7 Å². The van der Waals surface area contributed by atoms with Crippen LogP contribution in [0.25, 0.3) is 0 Å². The molecule has 122 valence electrons. The maximum atomic E-state index is 12.3. The molecule has 2 rings (SSSR count). The fraction of sp³-hybridized carbons (Fsp3) is 0.667. The highest BCUT2D eigenvalue weighted by Crippen LogP contribution is 2.50. The molecule has 7 heteroatoms. The third-order valence-electron chi connectivity index (χ3n) is 3.93. The molecule has 2 saturated heterocycles. The van der Waals surface area contributed by atoms with Crippen molar-refractivity contribution in [3.05, 3.63) is 11.8 Å². The molecule has 22 heavy (non-hydrogen) atoms. The van der Waals surface area contributed by atoms with Gasteiger partial charge in [0.05, 0.1) is 0 Å². The summed E-state index contributed by atoms with van der Waals surface area (Å²) in [4.78, 5) is 36.7. The van der Waals surface area contributed by atoms with Gasteiger partial charge in [0.2, 0.25) is 5.91 Å². The van der Waals surface area contributed by atoms with E-state index in [0.717, 1.165) is 6.42 Å². The number of carboxylic acids is 1. The van der Waals surface area contributed by atoms with Crippen LogP contribution in [0.1, 0.15) is 40.5 Å². The number of thioether (sulfide) groups is 1. The van der Waals surface area contributed by atoms with Gasteiger partial charge >= 0.3 is 5.97 Å². The van der Waals surface area contributed by atoms with E-state index in [-0.39, 0.29) is 17.1 Å². The molecule has 0 radical (unpaired) electrons. The molecule has 1 amide bonds. The zero-order chi connectivity index (χ0) is 16.7. The minimum absolute atomic E-state index is 0.0268. The molecule has 2 fully saturated rings.